The van der Waals surface area contributed by atoms with Crippen LogP contribution < -0.4 is 5.32 Å². The molecule has 148 valence electrons. The molecule has 1 N–H and O–H groups in total. The van der Waals surface area contributed by atoms with E-state index in [4.69, 9.17) is 16.4 Å². The normalized spacial score (nSPS) is 15.7. The molecule has 2 heterocycles. The number of oxime groups is 1. The number of halogens is 2. The fraction of sp³-hybridized carbons (Fsp3) is 0.200. The van der Waals surface area contributed by atoms with Crippen LogP contribution in [0.25, 0.3) is 0 Å². The van der Waals surface area contributed by atoms with Gasteiger partial charge in [0, 0.05) is 6.42 Å². The van der Waals surface area contributed by atoms with Crippen LogP contribution in [0.3, 0.4) is 0 Å². The molecule has 0 spiro atoms. The lowest BCUT2D eigenvalue weighted by Gasteiger charge is -2.07. The van der Waals surface area contributed by atoms with E-state index in [1.165, 1.54) is 18.5 Å². The number of nitrogens with one attached hydrogen (secondary N) is 1. The molecule has 1 unspecified atom stereocenters. The third kappa shape index (κ3) is 4.27. The zero-order chi connectivity index (χ0) is 20.4. The summed E-state index contributed by atoms with van der Waals surface area (Å²) >= 11 is 6.05. The Labute approximate surface area is 171 Å². The molecular formula is C20H17ClFN5O2. The van der Waals surface area contributed by atoms with Crippen LogP contribution >= 0.6 is 11.6 Å². The van der Waals surface area contributed by atoms with Gasteiger partial charge in [-0.15, -0.1) is 5.10 Å². The monoisotopic (exact) mass is 413 g/mol. The molecule has 1 amide bonds. The van der Waals surface area contributed by atoms with Crippen molar-refractivity contribution in [1.29, 1.82) is 0 Å². The average Bonchev–Trinajstić information content (AvgIpc) is 3.32. The lowest BCUT2D eigenvalue weighted by atomic mass is 10.0. The second-order valence-electron chi connectivity index (χ2n) is 6.68. The Kier molecular flexibility index (Phi) is 5.26. The van der Waals surface area contributed by atoms with Crippen LogP contribution in [0.15, 0.2) is 53.9 Å². The third-order valence-electron chi connectivity index (χ3n) is 4.41. The summed E-state index contributed by atoms with van der Waals surface area (Å²) in [7, 11) is 0. The molecule has 9 heteroatoms. The topological polar surface area (TPSA) is 81.4 Å². The summed E-state index contributed by atoms with van der Waals surface area (Å²) in [6.45, 7) is 2.55. The van der Waals surface area contributed by atoms with Gasteiger partial charge in [-0.2, -0.15) is 0 Å². The van der Waals surface area contributed by atoms with E-state index in [1.807, 2.05) is 25.1 Å². The fourth-order valence-corrected chi connectivity index (χ4v) is 3.33. The first-order chi connectivity index (χ1) is 14.0. The molecule has 1 atom stereocenters. The summed E-state index contributed by atoms with van der Waals surface area (Å²) in [6.07, 6.45) is 0.717. The van der Waals surface area contributed by atoms with Gasteiger partial charge in [-0.25, -0.2) is 14.1 Å². The number of benzene rings is 2. The number of aromatic nitrogens is 3. The number of carbonyl (C=O) groups is 1. The minimum Gasteiger partial charge on any atom is -0.382 e. The molecule has 1 aliphatic rings. The highest BCUT2D eigenvalue weighted by atomic mass is 35.5. The number of amides is 1. The highest BCUT2D eigenvalue weighted by Crippen LogP contribution is 2.25. The van der Waals surface area contributed by atoms with Gasteiger partial charge in [0.1, 0.15) is 12.1 Å². The largest absolute Gasteiger partial charge is 0.382 e. The van der Waals surface area contributed by atoms with Gasteiger partial charge in [0.25, 0.3) is 5.91 Å². The van der Waals surface area contributed by atoms with Gasteiger partial charge in [-0.1, -0.05) is 52.7 Å². The van der Waals surface area contributed by atoms with E-state index in [2.05, 4.69) is 26.6 Å². The van der Waals surface area contributed by atoms with Crippen molar-refractivity contribution in [1.82, 2.24) is 14.8 Å². The van der Waals surface area contributed by atoms with Crippen molar-refractivity contribution in [3.63, 3.8) is 0 Å². The van der Waals surface area contributed by atoms with Gasteiger partial charge in [0.2, 0.25) is 12.1 Å². The lowest BCUT2D eigenvalue weighted by molar-refractivity contribution is -0.125. The maximum atomic E-state index is 14.0. The molecule has 0 bridgehead atoms. The SMILES string of the molecule is Cc1cccc(Cn2cnc(NC(=O)C3CC(c4c(F)cccc4Cl)=NO3)n2)c1. The molecule has 7 nitrogen and oxygen atoms in total. The van der Waals surface area contributed by atoms with Crippen molar-refractivity contribution < 1.29 is 14.0 Å². The van der Waals surface area contributed by atoms with E-state index >= 15 is 0 Å². The second-order valence-corrected chi connectivity index (χ2v) is 7.08. The van der Waals surface area contributed by atoms with E-state index < -0.39 is 17.8 Å². The second kappa shape index (κ2) is 8.00. The molecule has 3 aromatic rings. The van der Waals surface area contributed by atoms with Gasteiger partial charge in [-0.3, -0.25) is 10.1 Å². The molecule has 2 aromatic carbocycles. The number of hydrogen-bond donors (Lipinski definition) is 1. The zero-order valence-corrected chi connectivity index (χ0v) is 16.2. The van der Waals surface area contributed by atoms with Gasteiger partial charge in [-0.05, 0) is 24.6 Å². The predicted octanol–water partition coefficient (Wildman–Crippen LogP) is 3.56. The van der Waals surface area contributed by atoms with Crippen LogP contribution in [-0.4, -0.2) is 32.5 Å². The molecule has 0 saturated heterocycles. The van der Waals surface area contributed by atoms with Crippen LogP contribution in [0.5, 0.6) is 0 Å². The Morgan fingerprint density at radius 2 is 2.17 bits per heavy atom. The number of rotatable bonds is 5. The number of anilines is 1. The lowest BCUT2D eigenvalue weighted by Crippen LogP contribution is -2.28. The highest BCUT2D eigenvalue weighted by Gasteiger charge is 2.31. The van der Waals surface area contributed by atoms with Crippen molar-refractivity contribution in [2.45, 2.75) is 26.0 Å². The number of carbonyl (C=O) groups excluding carboxylic acids is 1. The predicted molar refractivity (Wildman–Crippen MR) is 106 cm³/mol. The molecule has 0 fully saturated rings. The van der Waals surface area contributed by atoms with Crippen molar-refractivity contribution in [3.8, 4) is 0 Å². The molecule has 4 rings (SSSR count). The fourth-order valence-electron chi connectivity index (χ4n) is 3.06. The van der Waals surface area contributed by atoms with E-state index in [1.54, 1.807) is 10.7 Å². The first kappa shape index (κ1) is 19.1. The Balaban J connectivity index is 1.38. The zero-order valence-electron chi connectivity index (χ0n) is 15.5. The molecule has 29 heavy (non-hydrogen) atoms. The first-order valence-corrected chi connectivity index (χ1v) is 9.30. The van der Waals surface area contributed by atoms with Crippen LogP contribution in [0.1, 0.15) is 23.1 Å². The minimum absolute atomic E-state index is 0.0937. The van der Waals surface area contributed by atoms with Crippen LogP contribution in [0.4, 0.5) is 10.3 Å². The smallest absolute Gasteiger partial charge is 0.271 e. The Morgan fingerprint density at radius 3 is 2.97 bits per heavy atom. The Hall–Kier alpha value is -3.26. The third-order valence-corrected chi connectivity index (χ3v) is 4.73. The molecule has 0 aliphatic carbocycles. The standard InChI is InChI=1S/C20H17ClFN5O2/c1-12-4-2-5-13(8-12)10-27-11-23-20(25-27)24-19(28)17-9-16(26-29-17)18-14(21)6-3-7-15(18)22/h2-8,11,17H,9-10H2,1H3,(H,24,25,28). The molecule has 1 aromatic heterocycles. The summed E-state index contributed by atoms with van der Waals surface area (Å²) in [4.78, 5) is 21.7. The molecule has 1 aliphatic heterocycles. The Bertz CT molecular complexity index is 1080. The highest BCUT2D eigenvalue weighted by molar-refractivity contribution is 6.34. The molecule has 0 saturated carbocycles. The van der Waals surface area contributed by atoms with E-state index in [0.717, 1.165) is 11.1 Å². The average molecular weight is 414 g/mol. The van der Waals surface area contributed by atoms with Crippen molar-refractivity contribution >= 4 is 29.2 Å². The number of hydrogen-bond acceptors (Lipinski definition) is 5. The van der Waals surface area contributed by atoms with Crippen LogP contribution in [-0.2, 0) is 16.2 Å². The summed E-state index contributed by atoms with van der Waals surface area (Å²) in [5.41, 5.74) is 2.66. The van der Waals surface area contributed by atoms with Gasteiger partial charge in [0.05, 0.1) is 22.8 Å². The van der Waals surface area contributed by atoms with Gasteiger partial charge < -0.3 is 4.84 Å². The van der Waals surface area contributed by atoms with Crippen LogP contribution in [0.2, 0.25) is 5.02 Å². The summed E-state index contributed by atoms with van der Waals surface area (Å²) in [5.74, 6) is -0.828. The summed E-state index contributed by atoms with van der Waals surface area (Å²) < 4.78 is 15.7. The Morgan fingerprint density at radius 1 is 1.34 bits per heavy atom. The van der Waals surface area contributed by atoms with Crippen molar-refractivity contribution in [2.24, 2.45) is 5.16 Å². The van der Waals surface area contributed by atoms with E-state index in [-0.39, 0.29) is 28.7 Å². The van der Waals surface area contributed by atoms with Gasteiger partial charge >= 0.3 is 0 Å². The summed E-state index contributed by atoms with van der Waals surface area (Å²) in [5, 5.41) is 10.9. The van der Waals surface area contributed by atoms with Crippen LogP contribution in [0, 0.1) is 12.7 Å². The summed E-state index contributed by atoms with van der Waals surface area (Å²) in [6, 6.07) is 12.4. The quantitative estimate of drug-likeness (QED) is 0.693. The van der Waals surface area contributed by atoms with Crippen molar-refractivity contribution in [2.75, 3.05) is 5.32 Å². The van der Waals surface area contributed by atoms with Gasteiger partial charge in [0.15, 0.2) is 0 Å². The number of aryl methyl sites for hydroxylation is 1. The minimum atomic E-state index is -0.913. The number of nitrogens with zero attached hydrogens (tertiary/aromatic N) is 4. The maximum absolute atomic E-state index is 14.0. The van der Waals surface area contributed by atoms with E-state index in [0.29, 0.717) is 6.54 Å². The van der Waals surface area contributed by atoms with E-state index in [9.17, 15) is 9.18 Å². The molecular weight excluding hydrogens is 397 g/mol. The maximum Gasteiger partial charge on any atom is 0.271 e. The molecule has 0 radical (unpaired) electrons. The van der Waals surface area contributed by atoms with Crippen molar-refractivity contribution in [3.05, 3.63) is 76.3 Å². The first-order valence-electron chi connectivity index (χ1n) is 8.92.